The molecule has 2 aromatic carbocycles. The van der Waals surface area contributed by atoms with Gasteiger partial charge in [0.05, 0.1) is 11.1 Å². The predicted molar refractivity (Wildman–Crippen MR) is 92.7 cm³/mol. The molecule has 0 aliphatic carbocycles. The Balaban J connectivity index is 1.63. The van der Waals surface area contributed by atoms with Crippen LogP contribution < -0.4 is 14.8 Å². The van der Waals surface area contributed by atoms with Gasteiger partial charge in [-0.15, -0.1) is 0 Å². The number of Topliss-reactive ketones (excluding diaryl/α,β-unsaturated/α-hetero) is 1. The number of halogens is 1. The molecule has 0 atom stereocenters. The summed E-state index contributed by atoms with van der Waals surface area (Å²) in [7, 11) is 0. The normalized spacial score (nSPS) is 12.2. The average Bonchev–Trinajstić information content (AvgIpc) is 2.65. The van der Waals surface area contributed by atoms with E-state index in [0.717, 1.165) is 6.07 Å². The minimum atomic E-state index is -0.818. The van der Waals surface area contributed by atoms with Gasteiger partial charge in [-0.05, 0) is 36.4 Å². The first-order valence-corrected chi connectivity index (χ1v) is 8.11. The Hall–Kier alpha value is -3.42. The summed E-state index contributed by atoms with van der Waals surface area (Å²) in [6.45, 7) is 1.47. The van der Waals surface area contributed by atoms with Crippen LogP contribution in [0.1, 0.15) is 27.6 Å². The average molecular weight is 373 g/mol. The van der Waals surface area contributed by atoms with E-state index in [9.17, 15) is 18.8 Å². The molecule has 0 saturated heterocycles. The maximum atomic E-state index is 14.0. The molecule has 2 aromatic rings. The lowest BCUT2D eigenvalue weighted by Gasteiger charge is -2.18. The second kappa shape index (κ2) is 7.86. The second-order valence-electron chi connectivity index (χ2n) is 5.73. The Labute approximate surface area is 154 Å². The van der Waals surface area contributed by atoms with Crippen molar-refractivity contribution in [1.82, 2.24) is 0 Å². The van der Waals surface area contributed by atoms with Gasteiger partial charge < -0.3 is 19.5 Å². The van der Waals surface area contributed by atoms with Crippen LogP contribution in [0.5, 0.6) is 11.5 Å². The van der Waals surface area contributed by atoms with Gasteiger partial charge in [0, 0.05) is 12.6 Å². The Bertz CT molecular complexity index is 911. The Kier molecular flexibility index (Phi) is 5.35. The van der Waals surface area contributed by atoms with Crippen LogP contribution in [0.3, 0.4) is 0 Å². The number of amides is 1. The fraction of sp³-hybridized carbons (Fsp3) is 0.211. The molecule has 0 bridgehead atoms. The number of carbonyl (C=O) groups is 3. The lowest BCUT2D eigenvalue weighted by Crippen LogP contribution is -2.17. The molecule has 0 fully saturated rings. The zero-order chi connectivity index (χ0) is 19.4. The molecular weight excluding hydrogens is 357 g/mol. The van der Waals surface area contributed by atoms with Crippen molar-refractivity contribution in [2.75, 3.05) is 25.1 Å². The topological polar surface area (TPSA) is 90.9 Å². The first kappa shape index (κ1) is 18.4. The smallest absolute Gasteiger partial charge is 0.338 e. The molecule has 0 spiro atoms. The molecule has 8 heteroatoms. The summed E-state index contributed by atoms with van der Waals surface area (Å²) in [5.41, 5.74) is 0.178. The summed E-state index contributed by atoms with van der Waals surface area (Å²) in [6, 6.07) is 8.17. The molecule has 140 valence electrons. The SMILES string of the molecule is CC(=O)Nc1ccc(C(=O)COC(=O)c2ccc3c(c2)OCCO3)c(F)c1. The number of anilines is 1. The van der Waals surface area contributed by atoms with Gasteiger partial charge in [0.15, 0.2) is 18.1 Å². The van der Waals surface area contributed by atoms with Crippen LogP contribution in [0, 0.1) is 5.82 Å². The number of benzene rings is 2. The quantitative estimate of drug-likeness (QED) is 0.640. The zero-order valence-corrected chi connectivity index (χ0v) is 14.4. The molecule has 7 nitrogen and oxygen atoms in total. The number of fused-ring (bicyclic) bond motifs is 1. The zero-order valence-electron chi connectivity index (χ0n) is 14.4. The highest BCUT2D eigenvalue weighted by Crippen LogP contribution is 2.30. The number of rotatable bonds is 5. The summed E-state index contributed by atoms with van der Waals surface area (Å²) < 4.78 is 29.8. The van der Waals surface area contributed by atoms with Gasteiger partial charge >= 0.3 is 5.97 Å². The van der Waals surface area contributed by atoms with E-state index in [0.29, 0.717) is 24.7 Å². The van der Waals surface area contributed by atoms with E-state index in [1.54, 1.807) is 6.07 Å². The maximum Gasteiger partial charge on any atom is 0.338 e. The van der Waals surface area contributed by atoms with Crippen LogP contribution in [-0.2, 0) is 9.53 Å². The van der Waals surface area contributed by atoms with E-state index >= 15 is 0 Å². The molecule has 1 aliphatic rings. The summed E-state index contributed by atoms with van der Waals surface area (Å²) in [5, 5.41) is 2.41. The van der Waals surface area contributed by atoms with E-state index in [-0.39, 0.29) is 22.7 Å². The maximum absolute atomic E-state index is 14.0. The van der Waals surface area contributed by atoms with Crippen molar-refractivity contribution in [1.29, 1.82) is 0 Å². The molecule has 1 heterocycles. The lowest BCUT2D eigenvalue weighted by atomic mass is 10.1. The van der Waals surface area contributed by atoms with E-state index in [4.69, 9.17) is 14.2 Å². The summed E-state index contributed by atoms with van der Waals surface area (Å²) in [6.07, 6.45) is 0. The van der Waals surface area contributed by atoms with Crippen molar-refractivity contribution in [3.8, 4) is 11.5 Å². The highest BCUT2D eigenvalue weighted by molar-refractivity contribution is 6.00. The van der Waals surface area contributed by atoms with Crippen molar-refractivity contribution in [2.24, 2.45) is 0 Å². The number of ketones is 1. The fourth-order valence-corrected chi connectivity index (χ4v) is 2.48. The van der Waals surface area contributed by atoms with Crippen LogP contribution in [0.15, 0.2) is 36.4 Å². The van der Waals surface area contributed by atoms with Gasteiger partial charge in [0.2, 0.25) is 11.7 Å². The minimum Gasteiger partial charge on any atom is -0.486 e. The summed E-state index contributed by atoms with van der Waals surface area (Å²) >= 11 is 0. The van der Waals surface area contributed by atoms with Crippen molar-refractivity contribution >= 4 is 23.3 Å². The van der Waals surface area contributed by atoms with Crippen molar-refractivity contribution in [3.63, 3.8) is 0 Å². The fourth-order valence-electron chi connectivity index (χ4n) is 2.48. The Morgan fingerprint density at radius 1 is 1.07 bits per heavy atom. The number of ether oxygens (including phenoxy) is 3. The van der Waals surface area contributed by atoms with E-state index < -0.39 is 24.2 Å². The Morgan fingerprint density at radius 2 is 1.81 bits per heavy atom. The molecule has 3 rings (SSSR count). The van der Waals surface area contributed by atoms with Gasteiger partial charge in [-0.25, -0.2) is 9.18 Å². The lowest BCUT2D eigenvalue weighted by molar-refractivity contribution is -0.114. The molecule has 0 radical (unpaired) electrons. The second-order valence-corrected chi connectivity index (χ2v) is 5.73. The molecule has 1 aliphatic heterocycles. The first-order valence-electron chi connectivity index (χ1n) is 8.11. The van der Waals surface area contributed by atoms with E-state index in [1.165, 1.54) is 31.2 Å². The van der Waals surface area contributed by atoms with Crippen LogP contribution in [0.25, 0.3) is 0 Å². The predicted octanol–water partition coefficient (Wildman–Crippen LogP) is 2.60. The van der Waals surface area contributed by atoms with Crippen molar-refractivity contribution < 1.29 is 33.0 Å². The molecule has 27 heavy (non-hydrogen) atoms. The molecule has 0 aromatic heterocycles. The van der Waals surface area contributed by atoms with Crippen LogP contribution in [0.2, 0.25) is 0 Å². The van der Waals surface area contributed by atoms with Gasteiger partial charge in [-0.3, -0.25) is 9.59 Å². The van der Waals surface area contributed by atoms with Gasteiger partial charge in [-0.1, -0.05) is 0 Å². The van der Waals surface area contributed by atoms with Crippen molar-refractivity contribution in [3.05, 3.63) is 53.3 Å². The third-order valence-corrected chi connectivity index (χ3v) is 3.70. The third kappa shape index (κ3) is 4.41. The number of esters is 1. The number of hydrogen-bond donors (Lipinski definition) is 1. The number of hydrogen-bond acceptors (Lipinski definition) is 6. The Morgan fingerprint density at radius 3 is 2.52 bits per heavy atom. The standard InChI is InChI=1S/C19H16FNO6/c1-11(22)21-13-3-4-14(15(20)9-13)16(23)10-27-19(24)12-2-5-17-18(8-12)26-7-6-25-17/h2-5,8-9H,6-7,10H2,1H3,(H,21,22). The van der Waals surface area contributed by atoms with Crippen LogP contribution >= 0.6 is 0 Å². The summed E-state index contributed by atoms with van der Waals surface area (Å²) in [4.78, 5) is 35.2. The monoisotopic (exact) mass is 373 g/mol. The van der Waals surface area contributed by atoms with E-state index in [1.807, 2.05) is 0 Å². The van der Waals surface area contributed by atoms with Gasteiger partial charge in [0.25, 0.3) is 0 Å². The van der Waals surface area contributed by atoms with Crippen LogP contribution in [-0.4, -0.2) is 37.5 Å². The van der Waals surface area contributed by atoms with Crippen molar-refractivity contribution in [2.45, 2.75) is 6.92 Å². The summed E-state index contributed by atoms with van der Waals surface area (Å²) in [5.74, 6) is -1.68. The minimum absolute atomic E-state index is 0.188. The molecule has 1 N–H and O–H groups in total. The number of nitrogens with one attached hydrogen (secondary N) is 1. The molecule has 0 unspecified atom stereocenters. The first-order chi connectivity index (χ1) is 12.9. The molecular formula is C19H16FNO6. The van der Waals surface area contributed by atoms with E-state index in [2.05, 4.69) is 5.32 Å². The molecule has 0 saturated carbocycles. The van der Waals surface area contributed by atoms with Gasteiger partial charge in [0.1, 0.15) is 19.0 Å². The highest BCUT2D eigenvalue weighted by atomic mass is 19.1. The number of carbonyl (C=O) groups excluding carboxylic acids is 3. The molecule has 1 amide bonds. The van der Waals surface area contributed by atoms with Gasteiger partial charge in [-0.2, -0.15) is 0 Å². The largest absolute Gasteiger partial charge is 0.486 e. The third-order valence-electron chi connectivity index (χ3n) is 3.70. The van der Waals surface area contributed by atoms with Crippen LogP contribution in [0.4, 0.5) is 10.1 Å². The highest BCUT2D eigenvalue weighted by Gasteiger charge is 2.18.